The molecule has 6 N–H and O–H groups in total. The number of aliphatic hydroxyl groups is 2. The molecule has 0 atom stereocenters. The van der Waals surface area contributed by atoms with Crippen LogP contribution in [0.3, 0.4) is 0 Å². The number of nitrogens with zero attached hydrogens (tertiary/aromatic N) is 4. The molecule has 0 aliphatic heterocycles. The molecule has 0 fully saturated rings. The van der Waals surface area contributed by atoms with Crippen molar-refractivity contribution in [3.8, 4) is 0 Å². The van der Waals surface area contributed by atoms with E-state index in [9.17, 15) is 36.2 Å². The first-order valence-corrected chi connectivity index (χ1v) is 15.5. The molecule has 0 aliphatic carbocycles. The zero-order chi connectivity index (χ0) is 31.0. The minimum atomic E-state index is -4.76. The highest BCUT2D eigenvalue weighted by Crippen LogP contribution is 2.29. The Bertz CT molecular complexity index is 1810. The Morgan fingerprint density at radius 3 is 1.91 bits per heavy atom. The van der Waals surface area contributed by atoms with Gasteiger partial charge in [0.1, 0.15) is 9.79 Å². The van der Waals surface area contributed by atoms with E-state index >= 15 is 0 Å². The number of hydrogen-bond donors (Lipinski definition) is 6. The summed E-state index contributed by atoms with van der Waals surface area (Å²) in [6, 6.07) is 19.8. The lowest BCUT2D eigenvalue weighted by Gasteiger charge is -2.22. The maximum Gasteiger partial charge on any atom is 0.295 e. The van der Waals surface area contributed by atoms with Crippen LogP contribution in [0.25, 0.3) is 11.8 Å². The van der Waals surface area contributed by atoms with Crippen molar-refractivity contribution < 1.29 is 36.2 Å². The van der Waals surface area contributed by atoms with Crippen LogP contribution < -0.4 is 15.5 Å². The Hall–Kier alpha value is -4.45. The van der Waals surface area contributed by atoms with E-state index in [1.165, 1.54) is 47.4 Å². The largest absolute Gasteiger partial charge is 0.395 e. The fourth-order valence-corrected chi connectivity index (χ4v) is 5.41. The molecule has 0 unspecified atom stereocenters. The lowest BCUT2D eigenvalue weighted by molar-refractivity contribution is 0.280. The smallest absolute Gasteiger partial charge is 0.295 e. The highest BCUT2D eigenvalue weighted by Gasteiger charge is 2.22. The molecular weight excluding hydrogens is 600 g/mol. The number of hydrogen-bond acceptors (Lipinski definition) is 12. The van der Waals surface area contributed by atoms with Crippen LogP contribution in [0.4, 0.5) is 23.5 Å². The second-order valence-electron chi connectivity index (χ2n) is 8.88. The Labute approximate surface area is 247 Å². The monoisotopic (exact) mass is 628 g/mol. The molecule has 14 nitrogen and oxygen atoms in total. The van der Waals surface area contributed by atoms with Crippen LogP contribution in [0.1, 0.15) is 11.1 Å². The lowest BCUT2D eigenvalue weighted by Crippen LogP contribution is -2.31. The molecule has 1 aromatic heterocycles. The molecule has 0 amide bonds. The van der Waals surface area contributed by atoms with Gasteiger partial charge in [-0.3, -0.25) is 9.11 Å². The first-order valence-electron chi connectivity index (χ1n) is 12.7. The number of benzene rings is 3. The van der Waals surface area contributed by atoms with E-state index in [1.807, 2.05) is 6.07 Å². The summed E-state index contributed by atoms with van der Waals surface area (Å²) in [5, 5.41) is 25.1. The normalized spacial score (nSPS) is 12.1. The third-order valence-corrected chi connectivity index (χ3v) is 7.71. The number of anilines is 4. The summed E-state index contributed by atoms with van der Waals surface area (Å²) < 4.78 is 68.5. The second kappa shape index (κ2) is 13.7. The van der Waals surface area contributed by atoms with Gasteiger partial charge in [-0.25, -0.2) is 0 Å². The number of aliphatic hydroxyl groups excluding tert-OH is 2. The minimum Gasteiger partial charge on any atom is -0.395 e. The fourth-order valence-electron chi connectivity index (χ4n) is 4.03. The quantitative estimate of drug-likeness (QED) is 0.0927. The predicted octanol–water partition coefficient (Wildman–Crippen LogP) is 2.51. The molecule has 4 rings (SSSR count). The summed E-state index contributed by atoms with van der Waals surface area (Å²) in [5.74, 6) is -0.0647. The Morgan fingerprint density at radius 1 is 0.721 bits per heavy atom. The van der Waals surface area contributed by atoms with Crippen molar-refractivity contribution in [2.24, 2.45) is 0 Å². The van der Waals surface area contributed by atoms with Gasteiger partial charge in [-0.1, -0.05) is 54.6 Å². The third kappa shape index (κ3) is 8.31. The second-order valence-corrected chi connectivity index (χ2v) is 11.7. The predicted molar refractivity (Wildman–Crippen MR) is 160 cm³/mol. The molecule has 16 heteroatoms. The molecular formula is C27H28N6O8S2. The van der Waals surface area contributed by atoms with Crippen molar-refractivity contribution in [2.45, 2.75) is 9.79 Å². The van der Waals surface area contributed by atoms with Crippen molar-refractivity contribution in [1.82, 2.24) is 15.0 Å². The maximum atomic E-state index is 12.3. The zero-order valence-corrected chi connectivity index (χ0v) is 24.1. The van der Waals surface area contributed by atoms with Gasteiger partial charge in [0.15, 0.2) is 0 Å². The standard InChI is InChI=1S/C27H28N6O8S2/c34-16-14-33(15-17-35)27-31-25(28-20-9-2-1-3-10-20)30-26(32-27)29-22(21-11-5-7-13-24(21)43(39,40)41)18-19-8-4-6-12-23(19)42(36,37)38/h1-13,18,34-35H,14-17H2,(H,36,37,38)(H,39,40,41)(H2,28,29,30,31,32). The van der Waals surface area contributed by atoms with Crippen LogP contribution in [-0.4, -0.2) is 77.4 Å². The third-order valence-electron chi connectivity index (χ3n) is 5.87. The molecule has 1 heterocycles. The summed E-state index contributed by atoms with van der Waals surface area (Å²) >= 11 is 0. The van der Waals surface area contributed by atoms with Crippen molar-refractivity contribution in [2.75, 3.05) is 41.8 Å². The van der Waals surface area contributed by atoms with E-state index in [2.05, 4.69) is 25.6 Å². The van der Waals surface area contributed by atoms with E-state index in [-0.39, 0.29) is 61.0 Å². The molecule has 0 saturated carbocycles. The summed E-state index contributed by atoms with van der Waals surface area (Å²) in [6.07, 6.45) is 1.25. The molecule has 0 radical (unpaired) electrons. The van der Waals surface area contributed by atoms with Gasteiger partial charge in [0.05, 0.1) is 18.9 Å². The number of nitrogens with one attached hydrogen (secondary N) is 2. The molecule has 3 aromatic carbocycles. The molecule has 0 aliphatic rings. The van der Waals surface area contributed by atoms with E-state index < -0.39 is 30.0 Å². The van der Waals surface area contributed by atoms with Crippen LogP contribution in [0.2, 0.25) is 0 Å². The average molecular weight is 629 g/mol. The van der Waals surface area contributed by atoms with Crippen LogP contribution in [0.5, 0.6) is 0 Å². The highest BCUT2D eigenvalue weighted by atomic mass is 32.2. The van der Waals surface area contributed by atoms with Crippen molar-refractivity contribution in [1.29, 1.82) is 0 Å². The molecule has 43 heavy (non-hydrogen) atoms. The maximum absolute atomic E-state index is 12.3. The van der Waals surface area contributed by atoms with Crippen LogP contribution in [0.15, 0.2) is 88.7 Å². The summed E-state index contributed by atoms with van der Waals surface area (Å²) in [4.78, 5) is 13.7. The number of rotatable bonds is 13. The Balaban J connectivity index is 1.93. The van der Waals surface area contributed by atoms with Gasteiger partial charge < -0.3 is 25.7 Å². The van der Waals surface area contributed by atoms with Gasteiger partial charge in [-0.2, -0.15) is 31.8 Å². The molecule has 0 saturated heterocycles. The fraction of sp³-hybridized carbons (Fsp3) is 0.148. The first kappa shape index (κ1) is 31.5. The van der Waals surface area contributed by atoms with Gasteiger partial charge >= 0.3 is 0 Å². The van der Waals surface area contributed by atoms with Crippen LogP contribution >= 0.6 is 0 Å². The zero-order valence-electron chi connectivity index (χ0n) is 22.4. The topological polar surface area (TPSA) is 215 Å². The van der Waals surface area contributed by atoms with Gasteiger partial charge in [0, 0.05) is 24.3 Å². The summed E-state index contributed by atoms with van der Waals surface area (Å²) in [5.41, 5.74) is 0.466. The SMILES string of the molecule is O=S(=O)(O)c1ccccc1C=C(Nc1nc(Nc2ccccc2)nc(N(CCO)CCO)n1)c1ccccc1S(=O)(=O)O. The minimum absolute atomic E-state index is 0.0169. The van der Waals surface area contributed by atoms with Crippen molar-refractivity contribution >= 4 is 55.5 Å². The van der Waals surface area contributed by atoms with Crippen LogP contribution in [-0.2, 0) is 20.2 Å². The Morgan fingerprint density at radius 2 is 1.28 bits per heavy atom. The van der Waals surface area contributed by atoms with Gasteiger partial charge in [-0.05, 0) is 35.9 Å². The van der Waals surface area contributed by atoms with Gasteiger partial charge in [0.25, 0.3) is 20.2 Å². The van der Waals surface area contributed by atoms with E-state index in [1.54, 1.807) is 24.3 Å². The number of aromatic nitrogens is 3. The molecule has 226 valence electrons. The lowest BCUT2D eigenvalue weighted by atomic mass is 10.1. The van der Waals surface area contributed by atoms with E-state index in [0.717, 1.165) is 12.1 Å². The molecule has 4 aromatic rings. The van der Waals surface area contributed by atoms with Crippen LogP contribution in [0, 0.1) is 0 Å². The van der Waals surface area contributed by atoms with Gasteiger partial charge in [0.2, 0.25) is 17.8 Å². The molecule has 0 spiro atoms. The van der Waals surface area contributed by atoms with E-state index in [4.69, 9.17) is 0 Å². The summed E-state index contributed by atoms with van der Waals surface area (Å²) in [7, 11) is -9.45. The van der Waals surface area contributed by atoms with Gasteiger partial charge in [-0.15, -0.1) is 0 Å². The molecule has 0 bridgehead atoms. The van der Waals surface area contributed by atoms with Crippen molar-refractivity contribution in [3.05, 3.63) is 90.0 Å². The average Bonchev–Trinajstić information content (AvgIpc) is 2.96. The number of para-hydroxylation sites is 1. The van der Waals surface area contributed by atoms with E-state index in [0.29, 0.717) is 5.69 Å². The van der Waals surface area contributed by atoms with Crippen molar-refractivity contribution in [3.63, 3.8) is 0 Å². The highest BCUT2D eigenvalue weighted by molar-refractivity contribution is 7.86. The summed E-state index contributed by atoms with van der Waals surface area (Å²) in [6.45, 7) is -0.444. The Kier molecular flexibility index (Phi) is 10.0. The first-order chi connectivity index (χ1) is 20.5.